The summed E-state index contributed by atoms with van der Waals surface area (Å²) < 4.78 is 0. The second-order valence-electron chi connectivity index (χ2n) is 7.92. The number of piperazine rings is 1. The Morgan fingerprint density at radius 3 is 2.50 bits per heavy atom. The highest BCUT2D eigenvalue weighted by Crippen LogP contribution is 2.24. The Hall–Kier alpha value is -2.59. The van der Waals surface area contributed by atoms with E-state index in [2.05, 4.69) is 77.5 Å². The van der Waals surface area contributed by atoms with Crippen molar-refractivity contribution in [2.45, 2.75) is 32.7 Å². The van der Waals surface area contributed by atoms with Crippen molar-refractivity contribution < 1.29 is 4.79 Å². The van der Waals surface area contributed by atoms with Gasteiger partial charge in [0.25, 0.3) is 0 Å². The molecule has 4 nitrogen and oxygen atoms in total. The molecule has 0 aliphatic carbocycles. The summed E-state index contributed by atoms with van der Waals surface area (Å²) in [4.78, 5) is 16.5. The fraction of sp³-hybridized carbons (Fsp3) is 0.375. The summed E-state index contributed by atoms with van der Waals surface area (Å²) in [5, 5.41) is 2.95. The second kappa shape index (κ2) is 8.19. The van der Waals surface area contributed by atoms with Crippen molar-refractivity contribution in [1.29, 1.82) is 0 Å². The van der Waals surface area contributed by atoms with E-state index in [0.717, 1.165) is 38.3 Å². The lowest BCUT2D eigenvalue weighted by Crippen LogP contribution is -2.49. The van der Waals surface area contributed by atoms with Crippen LogP contribution < -0.4 is 10.2 Å². The molecule has 0 aromatic heterocycles. The number of carbonyl (C=O) groups is 1. The monoisotopic (exact) mass is 375 g/mol. The van der Waals surface area contributed by atoms with E-state index in [4.69, 9.17) is 0 Å². The first-order chi connectivity index (χ1) is 13.6. The minimum absolute atomic E-state index is 0.120. The van der Waals surface area contributed by atoms with Gasteiger partial charge in [-0.1, -0.05) is 35.9 Å². The molecule has 1 amide bonds. The van der Waals surface area contributed by atoms with Crippen molar-refractivity contribution in [3.05, 3.63) is 65.2 Å². The van der Waals surface area contributed by atoms with E-state index in [-0.39, 0.29) is 5.91 Å². The Morgan fingerprint density at radius 2 is 1.75 bits per heavy atom. The number of nitrogens with one attached hydrogen (secondary N) is 1. The first kappa shape index (κ1) is 18.8. The summed E-state index contributed by atoms with van der Waals surface area (Å²) in [6, 6.07) is 15.6. The zero-order valence-electron chi connectivity index (χ0n) is 16.8. The molecule has 146 valence electrons. The molecule has 1 unspecified atom stereocenters. The molecule has 0 spiro atoms. The van der Waals surface area contributed by atoms with Crippen molar-refractivity contribution >= 4 is 23.4 Å². The number of nitrogens with zero attached hydrogens (tertiary/aromatic N) is 2. The zero-order valence-corrected chi connectivity index (χ0v) is 16.8. The summed E-state index contributed by atoms with van der Waals surface area (Å²) >= 11 is 0. The molecule has 2 heterocycles. The second-order valence-corrected chi connectivity index (χ2v) is 7.92. The van der Waals surface area contributed by atoms with Crippen LogP contribution in [0.25, 0.3) is 6.08 Å². The SMILES string of the molecule is Cc1ccc(N2CCN(C(C)C=Cc3ccc4c(c3)CCC(=O)N4)CC2)cc1. The van der Waals surface area contributed by atoms with E-state index in [1.54, 1.807) is 0 Å². The Bertz CT molecular complexity index is 864. The third kappa shape index (κ3) is 4.28. The van der Waals surface area contributed by atoms with E-state index in [1.807, 2.05) is 6.07 Å². The van der Waals surface area contributed by atoms with Gasteiger partial charge in [-0.15, -0.1) is 0 Å². The van der Waals surface area contributed by atoms with Crippen LogP contribution in [0.3, 0.4) is 0 Å². The van der Waals surface area contributed by atoms with E-state index >= 15 is 0 Å². The van der Waals surface area contributed by atoms with Crippen molar-refractivity contribution in [3.8, 4) is 0 Å². The molecule has 1 fully saturated rings. The zero-order chi connectivity index (χ0) is 19.5. The summed E-state index contributed by atoms with van der Waals surface area (Å²) in [5.74, 6) is 0.120. The molecule has 1 N–H and O–H groups in total. The number of hydrogen-bond acceptors (Lipinski definition) is 3. The van der Waals surface area contributed by atoms with E-state index in [0.29, 0.717) is 12.5 Å². The van der Waals surface area contributed by atoms with Crippen molar-refractivity contribution in [2.75, 3.05) is 36.4 Å². The highest BCUT2D eigenvalue weighted by Gasteiger charge is 2.20. The van der Waals surface area contributed by atoms with Gasteiger partial charge in [-0.25, -0.2) is 0 Å². The number of hydrogen-bond donors (Lipinski definition) is 1. The largest absolute Gasteiger partial charge is 0.369 e. The first-order valence-electron chi connectivity index (χ1n) is 10.3. The Labute approximate surface area is 167 Å². The third-order valence-corrected chi connectivity index (χ3v) is 5.88. The quantitative estimate of drug-likeness (QED) is 0.874. The fourth-order valence-electron chi connectivity index (χ4n) is 4.02. The molecular weight excluding hydrogens is 346 g/mol. The number of benzene rings is 2. The van der Waals surface area contributed by atoms with Crippen LogP contribution in [-0.4, -0.2) is 43.0 Å². The van der Waals surface area contributed by atoms with Crippen LogP contribution in [0.4, 0.5) is 11.4 Å². The Morgan fingerprint density at radius 1 is 1.00 bits per heavy atom. The van der Waals surface area contributed by atoms with Gasteiger partial charge in [0.1, 0.15) is 0 Å². The maximum absolute atomic E-state index is 11.5. The minimum Gasteiger partial charge on any atom is -0.369 e. The normalized spacial score (nSPS) is 18.8. The standard InChI is InChI=1S/C24H29N3O/c1-18-3-9-22(10-4-18)27-15-13-26(14-16-27)19(2)5-6-20-7-11-23-21(17-20)8-12-24(28)25-23/h3-7,9-11,17,19H,8,12-16H2,1-2H3,(H,25,28). The van der Waals surface area contributed by atoms with Crippen LogP contribution in [-0.2, 0) is 11.2 Å². The predicted molar refractivity (Wildman–Crippen MR) is 117 cm³/mol. The van der Waals surface area contributed by atoms with E-state index in [9.17, 15) is 4.79 Å². The number of anilines is 2. The highest BCUT2D eigenvalue weighted by atomic mass is 16.1. The predicted octanol–water partition coefficient (Wildman–Crippen LogP) is 4.10. The highest BCUT2D eigenvalue weighted by molar-refractivity contribution is 5.94. The lowest BCUT2D eigenvalue weighted by atomic mass is 10.00. The topological polar surface area (TPSA) is 35.6 Å². The number of rotatable bonds is 4. The van der Waals surface area contributed by atoms with Crippen molar-refractivity contribution in [3.63, 3.8) is 0 Å². The molecule has 2 aliphatic heterocycles. The van der Waals surface area contributed by atoms with Gasteiger partial charge in [0.05, 0.1) is 0 Å². The fourth-order valence-corrected chi connectivity index (χ4v) is 4.02. The van der Waals surface area contributed by atoms with Crippen LogP contribution in [0.1, 0.15) is 30.0 Å². The van der Waals surface area contributed by atoms with E-state index < -0.39 is 0 Å². The molecule has 4 rings (SSSR count). The Balaban J connectivity index is 1.33. The number of carbonyl (C=O) groups excluding carboxylic acids is 1. The molecule has 28 heavy (non-hydrogen) atoms. The average Bonchev–Trinajstić information content (AvgIpc) is 2.72. The van der Waals surface area contributed by atoms with Gasteiger partial charge in [0.15, 0.2) is 0 Å². The number of amides is 1. The van der Waals surface area contributed by atoms with Gasteiger partial charge < -0.3 is 10.2 Å². The van der Waals surface area contributed by atoms with Gasteiger partial charge >= 0.3 is 0 Å². The molecule has 2 aliphatic rings. The smallest absolute Gasteiger partial charge is 0.224 e. The molecule has 4 heteroatoms. The van der Waals surface area contributed by atoms with Crippen LogP contribution in [0.15, 0.2) is 48.5 Å². The maximum Gasteiger partial charge on any atom is 0.224 e. The molecular formula is C24H29N3O. The maximum atomic E-state index is 11.5. The molecule has 0 saturated carbocycles. The molecule has 0 bridgehead atoms. The summed E-state index contributed by atoms with van der Waals surface area (Å²) in [7, 11) is 0. The average molecular weight is 376 g/mol. The van der Waals surface area contributed by atoms with Gasteiger partial charge in [-0.05, 0) is 55.7 Å². The molecule has 2 aromatic rings. The summed E-state index contributed by atoms with van der Waals surface area (Å²) in [5.41, 5.74) is 6.05. The number of fused-ring (bicyclic) bond motifs is 1. The first-order valence-corrected chi connectivity index (χ1v) is 10.3. The third-order valence-electron chi connectivity index (χ3n) is 5.88. The lowest BCUT2D eigenvalue weighted by Gasteiger charge is -2.38. The van der Waals surface area contributed by atoms with Crippen molar-refractivity contribution in [2.24, 2.45) is 0 Å². The van der Waals surface area contributed by atoms with Gasteiger partial charge in [0, 0.05) is 50.0 Å². The molecule has 2 aromatic carbocycles. The Kier molecular flexibility index (Phi) is 5.49. The van der Waals surface area contributed by atoms with Crippen molar-refractivity contribution in [1.82, 2.24) is 4.90 Å². The summed E-state index contributed by atoms with van der Waals surface area (Å²) in [6.45, 7) is 8.70. The van der Waals surface area contributed by atoms with Crippen LogP contribution in [0, 0.1) is 6.92 Å². The molecule has 0 radical (unpaired) electrons. The summed E-state index contributed by atoms with van der Waals surface area (Å²) in [6.07, 6.45) is 5.93. The van der Waals surface area contributed by atoms with E-state index in [1.165, 1.54) is 22.4 Å². The number of aryl methyl sites for hydroxylation is 2. The minimum atomic E-state index is 0.120. The lowest BCUT2D eigenvalue weighted by molar-refractivity contribution is -0.116. The van der Waals surface area contributed by atoms with Crippen LogP contribution >= 0.6 is 0 Å². The van der Waals surface area contributed by atoms with Gasteiger partial charge in [-0.2, -0.15) is 0 Å². The van der Waals surface area contributed by atoms with Crippen LogP contribution in [0.5, 0.6) is 0 Å². The van der Waals surface area contributed by atoms with Gasteiger partial charge in [-0.3, -0.25) is 9.69 Å². The molecule has 1 atom stereocenters. The van der Waals surface area contributed by atoms with Gasteiger partial charge in [0.2, 0.25) is 5.91 Å². The molecule has 1 saturated heterocycles. The van der Waals surface area contributed by atoms with Crippen LogP contribution in [0.2, 0.25) is 0 Å².